The molecular formula is C13H20ClN3O. The van der Waals surface area contributed by atoms with Crippen molar-refractivity contribution in [3.63, 3.8) is 0 Å². The van der Waals surface area contributed by atoms with Crippen LogP contribution in [-0.2, 0) is 0 Å². The first kappa shape index (κ1) is 14.8. The highest BCUT2D eigenvalue weighted by atomic mass is 35.5. The van der Waals surface area contributed by atoms with Crippen LogP contribution in [0.5, 0.6) is 0 Å². The molecule has 1 aromatic carbocycles. The quantitative estimate of drug-likeness (QED) is 0.718. The number of anilines is 1. The molecule has 0 aliphatic rings. The second-order valence-electron chi connectivity index (χ2n) is 5.16. The molecule has 0 aliphatic heterocycles. The van der Waals surface area contributed by atoms with Crippen LogP contribution in [0.3, 0.4) is 0 Å². The minimum Gasteiger partial charge on any atom is -0.384 e. The Kier molecular flexibility index (Phi) is 4.99. The number of rotatable bonds is 5. The molecule has 0 fully saturated rings. The lowest BCUT2D eigenvalue weighted by Crippen LogP contribution is -2.38. The second-order valence-corrected chi connectivity index (χ2v) is 5.57. The van der Waals surface area contributed by atoms with Crippen molar-refractivity contribution in [3.05, 3.63) is 28.8 Å². The first-order valence-corrected chi connectivity index (χ1v) is 6.25. The van der Waals surface area contributed by atoms with Gasteiger partial charge in [-0.15, -0.1) is 0 Å². The van der Waals surface area contributed by atoms with E-state index in [2.05, 4.69) is 31.4 Å². The van der Waals surface area contributed by atoms with Crippen molar-refractivity contribution in [1.82, 2.24) is 5.32 Å². The van der Waals surface area contributed by atoms with Crippen molar-refractivity contribution in [2.24, 2.45) is 5.73 Å². The van der Waals surface area contributed by atoms with Gasteiger partial charge in [-0.2, -0.15) is 0 Å². The number of carbonyl (C=O) groups excluding carboxylic acids is 1. The molecule has 18 heavy (non-hydrogen) atoms. The van der Waals surface area contributed by atoms with Gasteiger partial charge in [-0.05, 0) is 39.0 Å². The number of hydrogen-bond acceptors (Lipinski definition) is 3. The molecule has 1 amide bonds. The summed E-state index contributed by atoms with van der Waals surface area (Å²) in [4.78, 5) is 11.0. The molecule has 0 aliphatic carbocycles. The lowest BCUT2D eigenvalue weighted by Gasteiger charge is -2.20. The maximum atomic E-state index is 11.0. The number of hydrogen-bond donors (Lipinski definition) is 3. The summed E-state index contributed by atoms with van der Waals surface area (Å²) in [5.74, 6) is -0.513. The topological polar surface area (TPSA) is 67.2 Å². The maximum Gasteiger partial charge on any atom is 0.250 e. The Balaban J connectivity index is 2.49. The van der Waals surface area contributed by atoms with Crippen molar-refractivity contribution < 1.29 is 4.79 Å². The fourth-order valence-corrected chi connectivity index (χ4v) is 1.74. The molecule has 0 heterocycles. The van der Waals surface area contributed by atoms with Gasteiger partial charge in [0.05, 0.1) is 10.6 Å². The van der Waals surface area contributed by atoms with E-state index in [1.165, 1.54) is 0 Å². The summed E-state index contributed by atoms with van der Waals surface area (Å²) < 4.78 is 0. The molecule has 0 unspecified atom stereocenters. The van der Waals surface area contributed by atoms with Crippen LogP contribution >= 0.6 is 11.6 Å². The normalized spacial score (nSPS) is 11.3. The number of carbonyl (C=O) groups is 1. The molecule has 5 heteroatoms. The monoisotopic (exact) mass is 269 g/mol. The summed E-state index contributed by atoms with van der Waals surface area (Å²) in [5, 5.41) is 6.96. The molecule has 100 valence electrons. The minimum absolute atomic E-state index is 0.106. The van der Waals surface area contributed by atoms with Gasteiger partial charge in [-0.3, -0.25) is 4.79 Å². The van der Waals surface area contributed by atoms with Crippen molar-refractivity contribution in [2.75, 3.05) is 18.4 Å². The van der Waals surface area contributed by atoms with Crippen LogP contribution < -0.4 is 16.4 Å². The van der Waals surface area contributed by atoms with Crippen LogP contribution in [0.15, 0.2) is 18.2 Å². The van der Waals surface area contributed by atoms with Gasteiger partial charge in [-0.25, -0.2) is 0 Å². The predicted molar refractivity (Wildman–Crippen MR) is 76.2 cm³/mol. The average molecular weight is 270 g/mol. The SMILES string of the molecule is CC(C)(C)NCCNc1ccc(C(N)=O)c(Cl)c1. The standard InChI is InChI=1S/C13H20ClN3O/c1-13(2,3)17-7-6-16-9-4-5-10(12(15)18)11(14)8-9/h4-5,8,16-17H,6-7H2,1-3H3,(H2,15,18). The van der Waals surface area contributed by atoms with Crippen molar-refractivity contribution in [2.45, 2.75) is 26.3 Å². The van der Waals surface area contributed by atoms with Crippen LogP contribution in [0.4, 0.5) is 5.69 Å². The highest BCUT2D eigenvalue weighted by molar-refractivity contribution is 6.34. The van der Waals surface area contributed by atoms with E-state index in [1.807, 2.05) is 0 Å². The van der Waals surface area contributed by atoms with E-state index < -0.39 is 5.91 Å². The first-order valence-electron chi connectivity index (χ1n) is 5.88. The Morgan fingerprint density at radius 1 is 1.33 bits per heavy atom. The number of amides is 1. The number of nitrogens with one attached hydrogen (secondary N) is 2. The molecule has 0 spiro atoms. The minimum atomic E-state index is -0.513. The largest absolute Gasteiger partial charge is 0.384 e. The number of halogens is 1. The van der Waals surface area contributed by atoms with E-state index in [-0.39, 0.29) is 5.54 Å². The molecule has 0 aromatic heterocycles. The summed E-state index contributed by atoms with van der Waals surface area (Å²) >= 11 is 5.95. The van der Waals surface area contributed by atoms with Crippen molar-refractivity contribution in [1.29, 1.82) is 0 Å². The van der Waals surface area contributed by atoms with Crippen LogP contribution in [0.25, 0.3) is 0 Å². The Hall–Kier alpha value is -1.26. The van der Waals surface area contributed by atoms with E-state index in [0.29, 0.717) is 10.6 Å². The van der Waals surface area contributed by atoms with E-state index in [4.69, 9.17) is 17.3 Å². The fourth-order valence-electron chi connectivity index (χ4n) is 1.47. The number of nitrogens with two attached hydrogens (primary N) is 1. The molecule has 0 bridgehead atoms. The zero-order valence-electron chi connectivity index (χ0n) is 11.0. The molecule has 0 saturated carbocycles. The summed E-state index contributed by atoms with van der Waals surface area (Å²) in [6.45, 7) is 7.98. The summed E-state index contributed by atoms with van der Waals surface area (Å²) in [6.07, 6.45) is 0. The van der Waals surface area contributed by atoms with E-state index in [9.17, 15) is 4.79 Å². The van der Waals surface area contributed by atoms with Gasteiger partial charge >= 0.3 is 0 Å². The van der Waals surface area contributed by atoms with Gasteiger partial charge < -0.3 is 16.4 Å². The van der Waals surface area contributed by atoms with E-state index in [1.54, 1.807) is 18.2 Å². The van der Waals surface area contributed by atoms with Gasteiger partial charge in [0.15, 0.2) is 0 Å². The second kappa shape index (κ2) is 6.07. The van der Waals surface area contributed by atoms with Crippen LogP contribution in [-0.4, -0.2) is 24.5 Å². The van der Waals surface area contributed by atoms with Gasteiger partial charge in [0.1, 0.15) is 0 Å². The molecule has 0 radical (unpaired) electrons. The van der Waals surface area contributed by atoms with Crippen LogP contribution in [0.1, 0.15) is 31.1 Å². The number of benzene rings is 1. The third kappa shape index (κ3) is 4.94. The van der Waals surface area contributed by atoms with Gasteiger partial charge in [-0.1, -0.05) is 11.6 Å². The number of primary amides is 1. The van der Waals surface area contributed by atoms with Crippen molar-refractivity contribution >= 4 is 23.2 Å². The fraction of sp³-hybridized carbons (Fsp3) is 0.462. The predicted octanol–water partition coefficient (Wildman–Crippen LogP) is 2.24. The summed E-state index contributed by atoms with van der Waals surface area (Å²) in [5.41, 5.74) is 6.50. The van der Waals surface area contributed by atoms with Crippen LogP contribution in [0, 0.1) is 0 Å². The Morgan fingerprint density at radius 3 is 2.50 bits per heavy atom. The third-order valence-corrected chi connectivity index (χ3v) is 2.66. The Morgan fingerprint density at radius 2 is 2.00 bits per heavy atom. The molecule has 0 saturated heterocycles. The van der Waals surface area contributed by atoms with Crippen LogP contribution in [0.2, 0.25) is 5.02 Å². The van der Waals surface area contributed by atoms with Gasteiger partial charge in [0.25, 0.3) is 0 Å². The molecule has 0 atom stereocenters. The Bertz CT molecular complexity index is 427. The summed E-state index contributed by atoms with van der Waals surface area (Å²) in [6, 6.07) is 5.13. The maximum absolute atomic E-state index is 11.0. The zero-order valence-corrected chi connectivity index (χ0v) is 11.8. The molecule has 4 N–H and O–H groups in total. The summed E-state index contributed by atoms with van der Waals surface area (Å²) in [7, 11) is 0. The molecule has 1 rings (SSSR count). The first-order chi connectivity index (χ1) is 8.29. The molecule has 4 nitrogen and oxygen atoms in total. The highest BCUT2D eigenvalue weighted by Crippen LogP contribution is 2.20. The van der Waals surface area contributed by atoms with Crippen molar-refractivity contribution in [3.8, 4) is 0 Å². The molecule has 1 aromatic rings. The zero-order chi connectivity index (χ0) is 13.8. The smallest absolute Gasteiger partial charge is 0.250 e. The van der Waals surface area contributed by atoms with Gasteiger partial charge in [0, 0.05) is 24.3 Å². The van der Waals surface area contributed by atoms with Gasteiger partial charge in [0.2, 0.25) is 5.91 Å². The van der Waals surface area contributed by atoms with E-state index in [0.717, 1.165) is 18.8 Å². The Labute approximate surface area is 113 Å². The average Bonchev–Trinajstić information content (AvgIpc) is 2.22. The lowest BCUT2D eigenvalue weighted by atomic mass is 10.1. The molecular weight excluding hydrogens is 250 g/mol. The lowest BCUT2D eigenvalue weighted by molar-refractivity contribution is 0.100. The van der Waals surface area contributed by atoms with E-state index >= 15 is 0 Å². The third-order valence-electron chi connectivity index (χ3n) is 2.34. The highest BCUT2D eigenvalue weighted by Gasteiger charge is 2.08.